The second-order valence-corrected chi connectivity index (χ2v) is 44.6. The van der Waals surface area contributed by atoms with Crippen LogP contribution in [0.1, 0.15) is 32.1 Å². The maximum atomic E-state index is 7.00. The van der Waals surface area contributed by atoms with Crippen molar-refractivity contribution in [3.8, 4) is 0 Å². The summed E-state index contributed by atoms with van der Waals surface area (Å²) < 4.78 is 52.2. The molecule has 0 radical (unpaired) electrons. The molecule has 5 aliphatic heterocycles. The van der Waals surface area contributed by atoms with Crippen LogP contribution in [0.5, 0.6) is 0 Å². The Bertz CT molecular complexity index is 825. The van der Waals surface area contributed by atoms with Gasteiger partial charge < -0.3 is 128 Å². The SMILES string of the molecule is CO.CO.CO.C[Si](C)(C)CCCOCC1CO1.C[Si](C)(C)CCCOCC1CO1.C[Si](C)(C)CCCOCC1CO1.C[Si](C)(C)CCCOCC1CO1.O.O.O.O.O.O.O.O.O.O.O.O.[SiH3]CCCOCC1CO1. The molecule has 0 aromatic carbocycles. The standard InChI is InChI=1S/4C9H20O2Si.C6H14O2Si.3CH4O.12H2O/c4*1-12(2,3)6-4-5-10-7-9-8-11-9;9-3-1-2-7-4-6-5-8-6;3*1-2;;;;;;;;;;;;/h4*9H,4-8H2,1-3H3;6H,1-5H2,9H3;3*2H,1H3;12*1H2. The van der Waals surface area contributed by atoms with Crippen molar-refractivity contribution in [1.82, 2.24) is 0 Å². The number of hydrogen-bond acceptors (Lipinski definition) is 13. The normalized spacial score (nSPS) is 17.8. The Hall–Kier alpha value is 0.0844. The molecule has 25 nitrogen and oxygen atoms in total. The van der Waals surface area contributed by atoms with Gasteiger partial charge in [0.25, 0.3) is 0 Å². The summed E-state index contributed by atoms with van der Waals surface area (Å²) in [4.78, 5) is 0. The fourth-order valence-electron chi connectivity index (χ4n) is 4.96. The summed E-state index contributed by atoms with van der Waals surface area (Å²) in [5, 5.41) is 21.0. The zero-order valence-electron chi connectivity index (χ0n) is 50.0. The molecule has 75 heavy (non-hydrogen) atoms. The van der Waals surface area contributed by atoms with Crippen molar-refractivity contribution < 1.29 is 128 Å². The molecule has 30 heteroatoms. The summed E-state index contributed by atoms with van der Waals surface area (Å²) in [6, 6.07) is 6.85. The maximum absolute atomic E-state index is 7.00. The highest BCUT2D eigenvalue weighted by molar-refractivity contribution is 6.77. The van der Waals surface area contributed by atoms with Gasteiger partial charge in [-0.25, -0.2) is 0 Å². The third-order valence-electron chi connectivity index (χ3n) is 9.03. The summed E-state index contributed by atoms with van der Waals surface area (Å²) in [7, 11) is 0.986. The third-order valence-corrected chi connectivity index (χ3v) is 17.2. The predicted octanol–water partition coefficient (Wildman–Crippen LogP) is -2.97. The molecule has 0 amide bonds. The number of epoxide rings is 5. The largest absolute Gasteiger partial charge is 0.412 e. The van der Waals surface area contributed by atoms with E-state index in [0.29, 0.717) is 30.5 Å². The first-order valence-corrected chi connectivity index (χ1v) is 40.3. The van der Waals surface area contributed by atoms with E-state index in [-0.39, 0.29) is 65.7 Å². The Morgan fingerprint density at radius 2 is 0.440 bits per heavy atom. The van der Waals surface area contributed by atoms with E-state index in [1.54, 1.807) is 0 Å². The molecular weight excluding hydrogens is 1080 g/mol. The molecule has 0 aromatic heterocycles. The maximum Gasteiger partial charge on any atom is 0.104 e. The van der Waals surface area contributed by atoms with Gasteiger partial charge in [0.2, 0.25) is 0 Å². The van der Waals surface area contributed by atoms with Crippen molar-refractivity contribution >= 4 is 42.5 Å². The lowest BCUT2D eigenvalue weighted by atomic mass is 10.5. The van der Waals surface area contributed by atoms with E-state index in [0.717, 1.165) is 120 Å². The summed E-state index contributed by atoms with van der Waals surface area (Å²) >= 11 is 0. The average molecular weight is 1210 g/mol. The Morgan fingerprint density at radius 3 is 0.547 bits per heavy atom. The van der Waals surface area contributed by atoms with Crippen LogP contribution in [-0.4, -0.2) is 275 Å². The Kier molecular flexibility index (Phi) is 110. The fraction of sp³-hybridized carbons (Fsp3) is 1.00. The first-order valence-electron chi connectivity index (χ1n) is 24.1. The summed E-state index contributed by atoms with van der Waals surface area (Å²) in [5.74, 6) is 0. The van der Waals surface area contributed by atoms with Gasteiger partial charge in [0.15, 0.2) is 0 Å². The smallest absolute Gasteiger partial charge is 0.104 e. The van der Waals surface area contributed by atoms with Crippen molar-refractivity contribution in [3.63, 3.8) is 0 Å². The molecule has 5 unspecified atom stereocenters. The molecule has 5 saturated heterocycles. The van der Waals surface area contributed by atoms with Crippen molar-refractivity contribution in [3.05, 3.63) is 0 Å². The lowest BCUT2D eigenvalue weighted by Crippen LogP contribution is -2.19. The van der Waals surface area contributed by atoms with E-state index in [2.05, 4.69) is 78.6 Å². The molecule has 480 valence electrons. The highest BCUT2D eigenvalue weighted by Crippen LogP contribution is 2.16. The molecule has 0 aliphatic carbocycles. The minimum absolute atomic E-state index is 0. The number of hydrogen-bond donors (Lipinski definition) is 3. The monoisotopic (exact) mass is 1210 g/mol. The molecule has 0 saturated carbocycles. The zero-order valence-corrected chi connectivity index (χ0v) is 56.0. The predicted molar refractivity (Wildman–Crippen MR) is 321 cm³/mol. The van der Waals surface area contributed by atoms with Crippen LogP contribution in [-0.2, 0) is 47.4 Å². The Balaban J connectivity index is -0.0000000434. The molecule has 5 fully saturated rings. The average Bonchev–Trinajstić information content (AvgIpc) is 4.00. The van der Waals surface area contributed by atoms with Crippen molar-refractivity contribution in [2.24, 2.45) is 0 Å². The van der Waals surface area contributed by atoms with Crippen LogP contribution in [0.2, 0.25) is 109 Å². The molecule has 27 N–H and O–H groups in total. The van der Waals surface area contributed by atoms with E-state index in [1.165, 1.54) is 72.6 Å². The highest BCUT2D eigenvalue weighted by Gasteiger charge is 2.25. The Morgan fingerprint density at radius 1 is 0.307 bits per heavy atom. The van der Waals surface area contributed by atoms with E-state index in [4.69, 9.17) is 62.7 Å². The Labute approximate surface area is 461 Å². The van der Waals surface area contributed by atoms with Gasteiger partial charge in [0, 0.05) is 96.9 Å². The number of aliphatic hydroxyl groups excluding tert-OH is 3. The van der Waals surface area contributed by atoms with Crippen LogP contribution in [0, 0.1) is 0 Å². The van der Waals surface area contributed by atoms with Gasteiger partial charge in [-0.3, -0.25) is 0 Å². The topological polar surface area (TPSA) is 547 Å². The molecule has 5 rings (SSSR count). The van der Waals surface area contributed by atoms with E-state index in [1.807, 2.05) is 0 Å². The first kappa shape index (κ1) is 114. The van der Waals surface area contributed by atoms with Crippen molar-refractivity contribution in [1.29, 1.82) is 0 Å². The minimum atomic E-state index is -0.830. The second kappa shape index (κ2) is 72.1. The fourth-order valence-corrected chi connectivity index (χ4v) is 10.1. The first-order chi connectivity index (χ1) is 29.7. The molecular formula is C45H130O25Si5. The van der Waals surface area contributed by atoms with E-state index in [9.17, 15) is 0 Å². The lowest BCUT2D eigenvalue weighted by molar-refractivity contribution is 0.117. The highest BCUT2D eigenvalue weighted by atomic mass is 28.3. The zero-order chi connectivity index (χ0) is 48.6. The quantitative estimate of drug-likeness (QED) is 0.0383. The van der Waals surface area contributed by atoms with Crippen LogP contribution in [0.3, 0.4) is 0 Å². The van der Waals surface area contributed by atoms with Gasteiger partial charge in [0.1, 0.15) is 30.5 Å². The van der Waals surface area contributed by atoms with Gasteiger partial charge in [0.05, 0.1) is 66.1 Å². The number of ether oxygens (including phenoxy) is 10. The van der Waals surface area contributed by atoms with Gasteiger partial charge >= 0.3 is 0 Å². The van der Waals surface area contributed by atoms with E-state index >= 15 is 0 Å². The molecule has 0 spiro atoms. The second-order valence-electron chi connectivity index (χ2n) is 21.2. The third kappa shape index (κ3) is 118. The van der Waals surface area contributed by atoms with Gasteiger partial charge in [-0.15, -0.1) is 0 Å². The molecule has 5 aliphatic rings. The molecule has 0 bridgehead atoms. The van der Waals surface area contributed by atoms with Gasteiger partial charge in [-0.2, -0.15) is 0 Å². The van der Waals surface area contributed by atoms with Crippen LogP contribution in [0.4, 0.5) is 0 Å². The number of rotatable bonds is 29. The van der Waals surface area contributed by atoms with Crippen LogP contribution in [0.15, 0.2) is 0 Å². The van der Waals surface area contributed by atoms with E-state index < -0.39 is 32.3 Å². The summed E-state index contributed by atoms with van der Waals surface area (Å²) in [5.41, 5.74) is 0. The molecule has 5 atom stereocenters. The molecule has 0 aromatic rings. The number of aliphatic hydroxyl groups is 3. The minimum Gasteiger partial charge on any atom is -0.412 e. The molecule has 5 heterocycles. The van der Waals surface area contributed by atoms with Crippen LogP contribution < -0.4 is 0 Å². The summed E-state index contributed by atoms with van der Waals surface area (Å²) in [6.07, 6.45) is 8.29. The van der Waals surface area contributed by atoms with Gasteiger partial charge in [-0.05, 0) is 32.1 Å². The van der Waals surface area contributed by atoms with Crippen LogP contribution in [0.25, 0.3) is 0 Å². The van der Waals surface area contributed by atoms with Crippen LogP contribution >= 0.6 is 0 Å². The van der Waals surface area contributed by atoms with Crippen molar-refractivity contribution in [2.45, 2.75) is 171 Å². The van der Waals surface area contributed by atoms with Crippen molar-refractivity contribution in [2.75, 3.05) is 120 Å². The van der Waals surface area contributed by atoms with Gasteiger partial charge in [-0.1, -0.05) is 109 Å². The summed E-state index contributed by atoms with van der Waals surface area (Å²) in [6.45, 7) is 42.0. The lowest BCUT2D eigenvalue weighted by Gasteiger charge is -2.14.